The van der Waals surface area contributed by atoms with Crippen LogP contribution in [0.15, 0.2) is 27.6 Å². The highest BCUT2D eigenvalue weighted by Crippen LogP contribution is 2.43. The van der Waals surface area contributed by atoms with E-state index in [1.165, 1.54) is 0 Å². The van der Waals surface area contributed by atoms with Crippen LogP contribution in [0.3, 0.4) is 0 Å². The number of carbonyl (C=O) groups is 1. The molecule has 176 valence electrons. The van der Waals surface area contributed by atoms with Gasteiger partial charge in [-0.05, 0) is 47.6 Å². The molecule has 1 aromatic heterocycles. The Balaban J connectivity index is 1.81. The van der Waals surface area contributed by atoms with Crippen molar-refractivity contribution in [1.82, 2.24) is 10.4 Å². The lowest BCUT2D eigenvalue weighted by Crippen LogP contribution is -2.28. The number of amides is 1. The van der Waals surface area contributed by atoms with E-state index in [0.29, 0.717) is 25.6 Å². The number of halogens is 6. The van der Waals surface area contributed by atoms with Crippen molar-refractivity contribution in [3.63, 3.8) is 0 Å². The number of nitrogens with zero attached hydrogens (tertiary/aromatic N) is 1. The van der Waals surface area contributed by atoms with Crippen molar-refractivity contribution in [1.29, 1.82) is 0 Å². The average Bonchev–Trinajstić information content (AvgIpc) is 3.20. The zero-order valence-electron chi connectivity index (χ0n) is 16.0. The minimum atomic E-state index is -4.71. The number of nitrogens with one attached hydrogen (secondary N) is 1. The van der Waals surface area contributed by atoms with Crippen LogP contribution in [0.5, 0.6) is 5.75 Å². The first-order chi connectivity index (χ1) is 14.8. The fraction of sp³-hybridized carbons (Fsp3) is 0.353. The van der Waals surface area contributed by atoms with Crippen molar-refractivity contribution >= 4 is 66.5 Å². The summed E-state index contributed by atoms with van der Waals surface area (Å²) in [5.41, 5.74) is 0.340. The Morgan fingerprint density at radius 2 is 2.00 bits per heavy atom. The van der Waals surface area contributed by atoms with Gasteiger partial charge in [-0.3, -0.25) is 4.79 Å². The normalized spacial score (nSPS) is 17.5. The van der Waals surface area contributed by atoms with E-state index in [4.69, 9.17) is 27.9 Å². The second kappa shape index (κ2) is 9.65. The molecule has 1 amide bonds. The third kappa shape index (κ3) is 5.69. The fourth-order valence-electron chi connectivity index (χ4n) is 2.91. The summed E-state index contributed by atoms with van der Waals surface area (Å²) in [6.45, 7) is 1.08. The Bertz CT molecular complexity index is 1140. The highest BCUT2D eigenvalue weighted by atomic mass is 79.9. The molecule has 15 heteroatoms. The third-order valence-electron chi connectivity index (χ3n) is 4.41. The van der Waals surface area contributed by atoms with Gasteiger partial charge in [-0.15, -0.1) is 15.6 Å². The van der Waals surface area contributed by atoms with Crippen LogP contribution in [0.1, 0.15) is 22.3 Å². The minimum Gasteiger partial charge on any atom is -0.488 e. The lowest BCUT2D eigenvalue weighted by molar-refractivity contribution is -0.139. The number of hydroxylamine groups is 1. The van der Waals surface area contributed by atoms with Gasteiger partial charge in [0.2, 0.25) is 0 Å². The van der Waals surface area contributed by atoms with E-state index in [0.717, 1.165) is 23.5 Å². The van der Waals surface area contributed by atoms with E-state index in [1.807, 2.05) is 4.90 Å². The number of thiophene rings is 1. The van der Waals surface area contributed by atoms with E-state index in [2.05, 4.69) is 20.2 Å². The van der Waals surface area contributed by atoms with Gasteiger partial charge in [0.25, 0.3) is 5.91 Å². The summed E-state index contributed by atoms with van der Waals surface area (Å²) in [6.07, 6.45) is -4.68. The van der Waals surface area contributed by atoms with Gasteiger partial charge >= 0.3 is 16.3 Å². The SMILES string of the molecule is CN1CCC(Oc2cc(C(=O)NOS(=O)(=O)c3c(Cl)sc(Cl)c3Br)ccc2C(F)(F)F)C1. The quantitative estimate of drug-likeness (QED) is 0.473. The number of carbonyl (C=O) groups excluding carboxylic acids is 1. The fourth-order valence-corrected chi connectivity index (χ4v) is 7.13. The van der Waals surface area contributed by atoms with Crippen molar-refractivity contribution in [2.24, 2.45) is 0 Å². The van der Waals surface area contributed by atoms with E-state index in [9.17, 15) is 26.4 Å². The molecule has 1 atom stereocenters. The maximum Gasteiger partial charge on any atom is 0.419 e. The summed E-state index contributed by atoms with van der Waals surface area (Å²) in [7, 11) is -2.77. The van der Waals surface area contributed by atoms with Gasteiger partial charge in [-0.1, -0.05) is 23.2 Å². The van der Waals surface area contributed by atoms with Gasteiger partial charge < -0.3 is 9.64 Å². The molecule has 1 fully saturated rings. The van der Waals surface area contributed by atoms with Crippen LogP contribution in [-0.2, 0) is 20.6 Å². The van der Waals surface area contributed by atoms with Crippen molar-refractivity contribution in [3.8, 4) is 5.75 Å². The van der Waals surface area contributed by atoms with Crippen LogP contribution in [0.25, 0.3) is 0 Å². The Morgan fingerprint density at radius 1 is 1.31 bits per heavy atom. The van der Waals surface area contributed by atoms with Crippen LogP contribution in [0.4, 0.5) is 13.2 Å². The number of hydrogen-bond acceptors (Lipinski definition) is 7. The van der Waals surface area contributed by atoms with E-state index in [-0.39, 0.29) is 18.7 Å². The second-order valence-electron chi connectivity index (χ2n) is 6.76. The predicted octanol–water partition coefficient (Wildman–Crippen LogP) is 4.97. The Labute approximate surface area is 203 Å². The first-order valence-corrected chi connectivity index (χ1v) is 12.5. The van der Waals surface area contributed by atoms with Crippen LogP contribution in [-0.4, -0.2) is 45.5 Å². The molecule has 0 aliphatic carbocycles. The molecular weight excluding hydrogens is 584 g/mol. The average molecular weight is 598 g/mol. The van der Waals surface area contributed by atoms with Gasteiger partial charge in [-0.2, -0.15) is 21.6 Å². The van der Waals surface area contributed by atoms with Crippen LogP contribution in [0, 0.1) is 0 Å². The number of alkyl halides is 3. The third-order valence-corrected chi connectivity index (χ3v) is 9.02. The molecule has 2 aromatic rings. The molecule has 0 radical (unpaired) electrons. The van der Waals surface area contributed by atoms with Gasteiger partial charge in [0.15, 0.2) is 0 Å². The predicted molar refractivity (Wildman–Crippen MR) is 116 cm³/mol. The number of likely N-dealkylation sites (N-methyl/N-ethyl adjacent to an activating group) is 1. The molecule has 2 heterocycles. The number of hydrogen-bond donors (Lipinski definition) is 1. The topological polar surface area (TPSA) is 84.9 Å². The highest BCUT2D eigenvalue weighted by Gasteiger charge is 2.36. The molecule has 32 heavy (non-hydrogen) atoms. The van der Waals surface area contributed by atoms with Gasteiger partial charge in [0.05, 0.1) is 10.0 Å². The van der Waals surface area contributed by atoms with Crippen molar-refractivity contribution in [3.05, 3.63) is 42.5 Å². The molecule has 1 unspecified atom stereocenters. The first-order valence-electron chi connectivity index (χ1n) is 8.73. The van der Waals surface area contributed by atoms with Crippen LogP contribution < -0.4 is 10.2 Å². The number of likely N-dealkylation sites (tertiary alicyclic amines) is 1. The number of rotatable bonds is 6. The molecule has 0 saturated carbocycles. The van der Waals surface area contributed by atoms with Crippen molar-refractivity contribution in [2.45, 2.75) is 23.6 Å². The zero-order chi connectivity index (χ0) is 23.8. The Hall–Kier alpha value is -1.09. The molecule has 3 rings (SSSR count). The summed E-state index contributed by atoms with van der Waals surface area (Å²) < 4.78 is 74.7. The minimum absolute atomic E-state index is 0.0461. The first kappa shape index (κ1) is 25.5. The molecule has 1 aromatic carbocycles. The van der Waals surface area contributed by atoms with Gasteiger partial charge in [-0.25, -0.2) is 5.48 Å². The summed E-state index contributed by atoms with van der Waals surface area (Å²) in [4.78, 5) is 13.8. The van der Waals surface area contributed by atoms with Crippen molar-refractivity contribution < 1.29 is 35.4 Å². The largest absolute Gasteiger partial charge is 0.488 e. The van der Waals surface area contributed by atoms with Gasteiger partial charge in [0.1, 0.15) is 25.4 Å². The second-order valence-corrected chi connectivity index (χ2v) is 11.3. The van der Waals surface area contributed by atoms with E-state index >= 15 is 0 Å². The summed E-state index contributed by atoms with van der Waals surface area (Å²) in [6, 6.07) is 2.45. The maximum atomic E-state index is 13.4. The molecule has 7 nitrogen and oxygen atoms in total. The maximum absolute atomic E-state index is 13.4. The Morgan fingerprint density at radius 3 is 2.53 bits per heavy atom. The van der Waals surface area contributed by atoms with Crippen LogP contribution in [0.2, 0.25) is 8.67 Å². The Kier molecular flexibility index (Phi) is 7.70. The lowest BCUT2D eigenvalue weighted by atomic mass is 10.1. The molecule has 1 aliphatic rings. The van der Waals surface area contributed by atoms with Crippen molar-refractivity contribution in [2.75, 3.05) is 20.1 Å². The summed E-state index contributed by atoms with van der Waals surface area (Å²) in [5, 5.41) is 0. The molecular formula is C17H14BrCl2F3N2O5S2. The summed E-state index contributed by atoms with van der Waals surface area (Å²) in [5.74, 6) is -1.65. The molecule has 1 saturated heterocycles. The van der Waals surface area contributed by atoms with E-state index < -0.39 is 44.5 Å². The molecule has 0 bridgehead atoms. The standard InChI is InChI=1S/C17H14BrCl2F3N2O5S2/c1-25-5-4-9(7-25)29-11-6-8(2-3-10(11)17(21,22)23)16(26)24-30-32(27,28)13-12(18)14(19)31-15(13)20/h2-3,6,9H,4-5,7H2,1H3,(H,24,26). The smallest absolute Gasteiger partial charge is 0.419 e. The molecule has 1 aliphatic heterocycles. The van der Waals surface area contributed by atoms with Gasteiger partial charge in [0, 0.05) is 18.7 Å². The number of ether oxygens (including phenoxy) is 1. The zero-order valence-corrected chi connectivity index (χ0v) is 20.7. The monoisotopic (exact) mass is 596 g/mol. The lowest BCUT2D eigenvalue weighted by Gasteiger charge is -2.19. The molecule has 0 spiro atoms. The number of benzene rings is 1. The van der Waals surface area contributed by atoms with Crippen LogP contribution >= 0.6 is 50.5 Å². The van der Waals surface area contributed by atoms with E-state index in [1.54, 1.807) is 12.5 Å². The summed E-state index contributed by atoms with van der Waals surface area (Å²) >= 11 is 15.4. The highest BCUT2D eigenvalue weighted by molar-refractivity contribution is 9.10. The molecule has 1 N–H and O–H groups in total.